The molecule has 2 amide bonds. The molecule has 0 aliphatic heterocycles. The van der Waals surface area contributed by atoms with E-state index in [1.165, 1.54) is 6.07 Å². The van der Waals surface area contributed by atoms with Crippen molar-refractivity contribution in [3.8, 4) is 0 Å². The van der Waals surface area contributed by atoms with E-state index in [4.69, 9.17) is 5.73 Å². The van der Waals surface area contributed by atoms with Gasteiger partial charge in [-0.1, -0.05) is 30.3 Å². The van der Waals surface area contributed by atoms with Crippen molar-refractivity contribution in [2.24, 2.45) is 0 Å². The van der Waals surface area contributed by atoms with Gasteiger partial charge in [-0.2, -0.15) is 0 Å². The molecule has 0 aliphatic carbocycles. The summed E-state index contributed by atoms with van der Waals surface area (Å²) < 4.78 is 12.9. The van der Waals surface area contributed by atoms with Crippen molar-refractivity contribution in [3.05, 3.63) is 65.5 Å². The third-order valence-electron chi connectivity index (χ3n) is 2.78. The van der Waals surface area contributed by atoms with Gasteiger partial charge in [0.25, 0.3) is 5.91 Å². The van der Waals surface area contributed by atoms with Crippen LogP contribution in [0.25, 0.3) is 0 Å². The SMILES string of the molecule is Nc1cc(F)ccc1C(=O)NNC(=O)Cc1ccccc1. The molecule has 0 heterocycles. The Kier molecular flexibility index (Phi) is 4.50. The van der Waals surface area contributed by atoms with Crippen molar-refractivity contribution in [1.29, 1.82) is 0 Å². The number of nitrogen functional groups attached to an aromatic ring is 1. The van der Waals surface area contributed by atoms with Crippen LogP contribution in [0.1, 0.15) is 15.9 Å². The van der Waals surface area contributed by atoms with E-state index < -0.39 is 11.7 Å². The van der Waals surface area contributed by atoms with E-state index in [2.05, 4.69) is 10.9 Å². The zero-order valence-electron chi connectivity index (χ0n) is 11.1. The molecular formula is C15H14FN3O2. The fraction of sp³-hybridized carbons (Fsp3) is 0.0667. The number of hydrogen-bond donors (Lipinski definition) is 3. The average molecular weight is 287 g/mol. The average Bonchev–Trinajstić information content (AvgIpc) is 2.46. The first kappa shape index (κ1) is 14.5. The van der Waals surface area contributed by atoms with Crippen LogP contribution < -0.4 is 16.6 Å². The topological polar surface area (TPSA) is 84.2 Å². The summed E-state index contributed by atoms with van der Waals surface area (Å²) in [5, 5.41) is 0. The van der Waals surface area contributed by atoms with Gasteiger partial charge < -0.3 is 5.73 Å². The molecule has 2 rings (SSSR count). The molecule has 0 saturated heterocycles. The molecule has 0 saturated carbocycles. The predicted octanol–water partition coefficient (Wildman–Crippen LogP) is 1.41. The molecular weight excluding hydrogens is 273 g/mol. The molecule has 0 radical (unpaired) electrons. The number of nitrogens with two attached hydrogens (primary N) is 1. The number of carbonyl (C=O) groups is 2. The number of anilines is 1. The van der Waals surface area contributed by atoms with E-state index in [0.717, 1.165) is 17.7 Å². The molecule has 2 aromatic carbocycles. The summed E-state index contributed by atoms with van der Waals surface area (Å²) in [4.78, 5) is 23.5. The van der Waals surface area contributed by atoms with Crippen LogP contribution in [0.4, 0.5) is 10.1 Å². The smallest absolute Gasteiger partial charge is 0.271 e. The van der Waals surface area contributed by atoms with E-state index in [1.54, 1.807) is 12.1 Å². The number of amides is 2. The molecule has 0 fully saturated rings. The quantitative estimate of drug-likeness (QED) is 0.589. The summed E-state index contributed by atoms with van der Waals surface area (Å²) in [6.07, 6.45) is 0.139. The first-order valence-electron chi connectivity index (χ1n) is 6.24. The minimum Gasteiger partial charge on any atom is -0.398 e. The fourth-order valence-corrected chi connectivity index (χ4v) is 1.76. The monoisotopic (exact) mass is 287 g/mol. The van der Waals surface area contributed by atoms with E-state index >= 15 is 0 Å². The van der Waals surface area contributed by atoms with Crippen LogP contribution in [-0.2, 0) is 11.2 Å². The lowest BCUT2D eigenvalue weighted by Crippen LogP contribution is -2.42. The van der Waals surface area contributed by atoms with Crippen LogP contribution in [-0.4, -0.2) is 11.8 Å². The molecule has 0 aliphatic rings. The van der Waals surface area contributed by atoms with Gasteiger partial charge >= 0.3 is 0 Å². The standard InChI is InChI=1S/C15H14FN3O2/c16-11-6-7-12(13(17)9-11)15(21)19-18-14(20)8-10-4-2-1-3-5-10/h1-7,9H,8,17H2,(H,18,20)(H,19,21). The number of hydrogen-bond acceptors (Lipinski definition) is 3. The molecule has 21 heavy (non-hydrogen) atoms. The molecule has 0 unspecified atom stereocenters. The first-order valence-corrected chi connectivity index (χ1v) is 6.24. The summed E-state index contributed by atoms with van der Waals surface area (Å²) >= 11 is 0. The van der Waals surface area contributed by atoms with Gasteiger partial charge in [0.05, 0.1) is 12.0 Å². The Morgan fingerprint density at radius 3 is 2.43 bits per heavy atom. The molecule has 0 atom stereocenters. The summed E-state index contributed by atoms with van der Waals surface area (Å²) in [5.41, 5.74) is 11.0. The van der Waals surface area contributed by atoms with E-state index in [-0.39, 0.29) is 23.6 Å². The van der Waals surface area contributed by atoms with E-state index in [1.807, 2.05) is 18.2 Å². The van der Waals surface area contributed by atoms with Crippen molar-refractivity contribution in [2.75, 3.05) is 5.73 Å². The van der Waals surface area contributed by atoms with E-state index in [0.29, 0.717) is 0 Å². The second kappa shape index (κ2) is 6.51. The number of nitrogens with one attached hydrogen (secondary N) is 2. The van der Waals surface area contributed by atoms with Crippen molar-refractivity contribution in [2.45, 2.75) is 6.42 Å². The summed E-state index contributed by atoms with van der Waals surface area (Å²) in [6, 6.07) is 12.5. The third kappa shape index (κ3) is 4.04. The number of benzene rings is 2. The Balaban J connectivity index is 1.90. The van der Waals surface area contributed by atoms with Crippen LogP contribution in [0.3, 0.4) is 0 Å². The van der Waals surface area contributed by atoms with Gasteiger partial charge in [0.15, 0.2) is 0 Å². The number of hydrazine groups is 1. The van der Waals surface area contributed by atoms with Gasteiger partial charge in [0, 0.05) is 5.69 Å². The maximum atomic E-state index is 12.9. The Morgan fingerprint density at radius 1 is 1.05 bits per heavy atom. The van der Waals surface area contributed by atoms with Crippen LogP contribution in [0.2, 0.25) is 0 Å². The van der Waals surface area contributed by atoms with Crippen LogP contribution in [0.5, 0.6) is 0 Å². The molecule has 0 aromatic heterocycles. The first-order chi connectivity index (χ1) is 10.1. The minimum atomic E-state index is -0.603. The van der Waals surface area contributed by atoms with Crippen LogP contribution in [0.15, 0.2) is 48.5 Å². The van der Waals surface area contributed by atoms with Gasteiger partial charge in [0.2, 0.25) is 5.91 Å². The Hall–Kier alpha value is -2.89. The summed E-state index contributed by atoms with van der Waals surface area (Å²) in [6.45, 7) is 0. The summed E-state index contributed by atoms with van der Waals surface area (Å²) in [5.74, 6) is -1.50. The Morgan fingerprint density at radius 2 is 1.76 bits per heavy atom. The van der Waals surface area contributed by atoms with Crippen LogP contribution in [0, 0.1) is 5.82 Å². The lowest BCUT2D eigenvalue weighted by molar-refractivity contribution is -0.121. The molecule has 5 nitrogen and oxygen atoms in total. The third-order valence-corrected chi connectivity index (χ3v) is 2.78. The molecule has 0 spiro atoms. The normalized spacial score (nSPS) is 9.95. The van der Waals surface area contributed by atoms with E-state index in [9.17, 15) is 14.0 Å². The molecule has 2 aromatic rings. The highest BCUT2D eigenvalue weighted by Gasteiger charge is 2.11. The minimum absolute atomic E-state index is 0.00445. The van der Waals surface area contributed by atoms with Crippen molar-refractivity contribution in [3.63, 3.8) is 0 Å². The fourth-order valence-electron chi connectivity index (χ4n) is 1.76. The highest BCUT2D eigenvalue weighted by Crippen LogP contribution is 2.12. The van der Waals surface area contributed by atoms with Gasteiger partial charge in [-0.25, -0.2) is 4.39 Å². The largest absolute Gasteiger partial charge is 0.398 e. The zero-order chi connectivity index (χ0) is 15.2. The Bertz CT molecular complexity index is 659. The maximum absolute atomic E-state index is 12.9. The van der Waals surface area contributed by atoms with Gasteiger partial charge in [-0.05, 0) is 23.8 Å². The lowest BCUT2D eigenvalue weighted by Gasteiger charge is -2.09. The maximum Gasteiger partial charge on any atom is 0.271 e. The lowest BCUT2D eigenvalue weighted by atomic mass is 10.1. The molecule has 4 N–H and O–H groups in total. The van der Waals surface area contributed by atoms with Gasteiger partial charge in [-0.15, -0.1) is 0 Å². The van der Waals surface area contributed by atoms with Gasteiger partial charge in [0.1, 0.15) is 5.82 Å². The predicted molar refractivity (Wildman–Crippen MR) is 76.6 cm³/mol. The molecule has 6 heteroatoms. The Labute approximate surface area is 120 Å². The van der Waals surface area contributed by atoms with Gasteiger partial charge in [-0.3, -0.25) is 20.4 Å². The van der Waals surface area contributed by atoms with Crippen molar-refractivity contribution < 1.29 is 14.0 Å². The second-order valence-electron chi connectivity index (χ2n) is 4.40. The zero-order valence-corrected chi connectivity index (χ0v) is 11.1. The second-order valence-corrected chi connectivity index (χ2v) is 4.40. The highest BCUT2D eigenvalue weighted by atomic mass is 19.1. The highest BCUT2D eigenvalue weighted by molar-refractivity contribution is 5.99. The number of carbonyl (C=O) groups excluding carboxylic acids is 2. The number of rotatable bonds is 3. The van der Waals surface area contributed by atoms with Crippen molar-refractivity contribution >= 4 is 17.5 Å². The van der Waals surface area contributed by atoms with Crippen LogP contribution >= 0.6 is 0 Å². The van der Waals surface area contributed by atoms with Crippen molar-refractivity contribution in [1.82, 2.24) is 10.9 Å². The molecule has 0 bridgehead atoms. The molecule has 108 valence electrons. The summed E-state index contributed by atoms with van der Waals surface area (Å²) in [7, 11) is 0. The number of halogens is 1.